The summed E-state index contributed by atoms with van der Waals surface area (Å²) >= 11 is 0. The number of anilines is 1. The number of aliphatic hydroxyl groups excluding tert-OH is 1. The molecule has 0 radical (unpaired) electrons. The van der Waals surface area contributed by atoms with Gasteiger partial charge in [0.2, 0.25) is 5.95 Å². The number of aryl methyl sites for hydroxylation is 1. The molecule has 0 spiro atoms. The molecule has 4 rings (SSSR count). The first-order valence-corrected chi connectivity index (χ1v) is 8.42. The normalized spacial score (nSPS) is 20.9. The van der Waals surface area contributed by atoms with Crippen molar-refractivity contribution < 1.29 is 5.11 Å². The molecule has 1 aliphatic carbocycles. The highest BCUT2D eigenvalue weighted by molar-refractivity contribution is 5.83. The zero-order valence-corrected chi connectivity index (χ0v) is 13.9. The summed E-state index contributed by atoms with van der Waals surface area (Å²) in [5.41, 5.74) is 8.07. The van der Waals surface area contributed by atoms with Crippen LogP contribution in [-0.2, 0) is 0 Å². The van der Waals surface area contributed by atoms with Gasteiger partial charge in [0.15, 0.2) is 0 Å². The van der Waals surface area contributed by atoms with Gasteiger partial charge in [-0.3, -0.25) is 14.5 Å². The van der Waals surface area contributed by atoms with Gasteiger partial charge in [0.25, 0.3) is 5.56 Å². The average molecular weight is 340 g/mol. The van der Waals surface area contributed by atoms with Crippen LogP contribution in [0, 0.1) is 6.92 Å². The van der Waals surface area contributed by atoms with Crippen LogP contribution in [0.25, 0.3) is 22.3 Å². The number of rotatable bonds is 2. The van der Waals surface area contributed by atoms with E-state index in [2.05, 4.69) is 20.2 Å². The molecule has 1 fully saturated rings. The number of nitrogens with one attached hydrogen (secondary N) is 1. The van der Waals surface area contributed by atoms with E-state index in [0.29, 0.717) is 29.7 Å². The van der Waals surface area contributed by atoms with Crippen molar-refractivity contribution >= 4 is 17.0 Å². The smallest absolute Gasteiger partial charge is 0.262 e. The summed E-state index contributed by atoms with van der Waals surface area (Å²) in [4.78, 5) is 21.8. The van der Waals surface area contributed by atoms with E-state index < -0.39 is 0 Å². The molecule has 1 aliphatic rings. The van der Waals surface area contributed by atoms with Crippen LogP contribution >= 0.6 is 0 Å². The molecule has 3 aromatic heterocycles. The molecule has 8 heteroatoms. The zero-order chi connectivity index (χ0) is 17.6. The first-order valence-electron chi connectivity index (χ1n) is 8.42. The van der Waals surface area contributed by atoms with Crippen molar-refractivity contribution in [2.24, 2.45) is 0 Å². The Labute approximate surface area is 143 Å². The van der Waals surface area contributed by atoms with Crippen LogP contribution in [0.5, 0.6) is 0 Å². The Morgan fingerprint density at radius 1 is 1.28 bits per heavy atom. The van der Waals surface area contributed by atoms with Crippen molar-refractivity contribution in [2.75, 3.05) is 5.73 Å². The molecule has 4 N–H and O–H groups in total. The van der Waals surface area contributed by atoms with Crippen molar-refractivity contribution in [3.8, 4) is 11.3 Å². The van der Waals surface area contributed by atoms with Gasteiger partial charge >= 0.3 is 0 Å². The SMILES string of the molecule is Cc1nc(N)nc2c1cc(-c1cc[nH]n1)c(=O)n2C1CCC(O)CC1. The highest BCUT2D eigenvalue weighted by Gasteiger charge is 2.25. The van der Waals surface area contributed by atoms with E-state index in [1.165, 1.54) is 0 Å². The molecule has 0 atom stereocenters. The molecule has 3 aromatic rings. The van der Waals surface area contributed by atoms with Crippen molar-refractivity contribution in [3.63, 3.8) is 0 Å². The van der Waals surface area contributed by atoms with Crippen molar-refractivity contribution in [2.45, 2.75) is 44.8 Å². The molecular formula is C17H20N6O2. The summed E-state index contributed by atoms with van der Waals surface area (Å²) < 4.78 is 1.72. The molecule has 0 saturated heterocycles. The van der Waals surface area contributed by atoms with Crippen molar-refractivity contribution in [1.29, 1.82) is 0 Å². The van der Waals surface area contributed by atoms with Gasteiger partial charge in [-0.25, -0.2) is 4.98 Å². The number of nitrogens with two attached hydrogens (primary N) is 1. The maximum Gasteiger partial charge on any atom is 0.262 e. The van der Waals surface area contributed by atoms with Crippen LogP contribution in [0.1, 0.15) is 37.4 Å². The lowest BCUT2D eigenvalue weighted by Crippen LogP contribution is -2.31. The minimum atomic E-state index is -0.297. The summed E-state index contributed by atoms with van der Waals surface area (Å²) in [5, 5.41) is 17.5. The van der Waals surface area contributed by atoms with Crippen molar-refractivity contribution in [1.82, 2.24) is 24.7 Å². The lowest BCUT2D eigenvalue weighted by Gasteiger charge is -2.28. The minimum absolute atomic E-state index is 0.0222. The summed E-state index contributed by atoms with van der Waals surface area (Å²) in [6.45, 7) is 1.86. The number of aromatic amines is 1. The van der Waals surface area contributed by atoms with Crippen LogP contribution in [0.4, 0.5) is 5.95 Å². The predicted octanol–water partition coefficient (Wildman–Crippen LogP) is 1.55. The van der Waals surface area contributed by atoms with Crippen molar-refractivity contribution in [3.05, 3.63) is 34.4 Å². The largest absolute Gasteiger partial charge is 0.393 e. The summed E-state index contributed by atoms with van der Waals surface area (Å²) in [6, 6.07) is 3.54. The summed E-state index contributed by atoms with van der Waals surface area (Å²) in [7, 11) is 0. The van der Waals surface area contributed by atoms with E-state index >= 15 is 0 Å². The Kier molecular flexibility index (Phi) is 3.76. The monoisotopic (exact) mass is 340 g/mol. The molecule has 130 valence electrons. The Bertz CT molecular complexity index is 971. The quantitative estimate of drug-likeness (QED) is 0.650. The number of fused-ring (bicyclic) bond motifs is 1. The Morgan fingerprint density at radius 2 is 2.04 bits per heavy atom. The first kappa shape index (κ1) is 15.8. The van der Waals surface area contributed by atoms with Gasteiger partial charge in [0.05, 0.1) is 23.1 Å². The molecule has 0 aromatic carbocycles. The number of pyridine rings is 1. The highest BCUT2D eigenvalue weighted by Crippen LogP contribution is 2.31. The van der Waals surface area contributed by atoms with Gasteiger partial charge in [-0.05, 0) is 44.7 Å². The van der Waals surface area contributed by atoms with Gasteiger partial charge in [-0.2, -0.15) is 10.1 Å². The van der Waals surface area contributed by atoms with Gasteiger partial charge in [-0.1, -0.05) is 0 Å². The van der Waals surface area contributed by atoms with Gasteiger partial charge in [-0.15, -0.1) is 0 Å². The van der Waals surface area contributed by atoms with Gasteiger partial charge < -0.3 is 10.8 Å². The summed E-state index contributed by atoms with van der Waals surface area (Å²) in [5.74, 6) is 0.154. The van der Waals surface area contributed by atoms with Crippen LogP contribution in [0.15, 0.2) is 23.1 Å². The number of hydrogen-bond donors (Lipinski definition) is 3. The van der Waals surface area contributed by atoms with E-state index in [1.807, 2.05) is 6.92 Å². The van der Waals surface area contributed by atoms with Gasteiger partial charge in [0, 0.05) is 17.6 Å². The number of hydrogen-bond acceptors (Lipinski definition) is 6. The Hall–Kier alpha value is -2.74. The second-order valence-corrected chi connectivity index (χ2v) is 6.56. The number of H-pyrrole nitrogens is 1. The lowest BCUT2D eigenvalue weighted by atomic mass is 9.92. The van der Waals surface area contributed by atoms with Gasteiger partial charge in [0.1, 0.15) is 5.65 Å². The van der Waals surface area contributed by atoms with E-state index in [1.54, 1.807) is 22.9 Å². The average Bonchev–Trinajstić information content (AvgIpc) is 3.10. The number of nitrogens with zero attached hydrogens (tertiary/aromatic N) is 4. The van der Waals surface area contributed by atoms with E-state index in [9.17, 15) is 9.90 Å². The molecule has 0 amide bonds. The summed E-state index contributed by atoms with van der Waals surface area (Å²) in [6.07, 6.45) is 4.18. The van der Waals surface area contributed by atoms with E-state index in [0.717, 1.165) is 23.9 Å². The maximum atomic E-state index is 13.2. The number of nitrogen functional groups attached to an aromatic ring is 1. The standard InChI is InChI=1S/C17H20N6O2/c1-9-12-8-13(14-6-7-19-22-14)16(25)23(15(12)21-17(18)20-9)10-2-4-11(24)5-3-10/h6-8,10-11,24H,2-5H2,1H3,(H,19,22)(H2,18,20,21). The predicted molar refractivity (Wildman–Crippen MR) is 94.0 cm³/mol. The topological polar surface area (TPSA) is 123 Å². The Balaban J connectivity index is 2.01. The van der Waals surface area contributed by atoms with Crippen LogP contribution in [-0.4, -0.2) is 35.9 Å². The van der Waals surface area contributed by atoms with E-state index in [-0.39, 0.29) is 23.7 Å². The molecule has 0 unspecified atom stereocenters. The van der Waals surface area contributed by atoms with Crippen LogP contribution in [0.3, 0.4) is 0 Å². The molecule has 1 saturated carbocycles. The second kappa shape index (κ2) is 5.96. The minimum Gasteiger partial charge on any atom is -0.393 e. The molecule has 25 heavy (non-hydrogen) atoms. The number of aliphatic hydroxyl groups is 1. The molecule has 3 heterocycles. The molecule has 8 nitrogen and oxygen atoms in total. The van der Waals surface area contributed by atoms with Crippen LogP contribution < -0.4 is 11.3 Å². The fourth-order valence-corrected chi connectivity index (χ4v) is 3.62. The fraction of sp³-hybridized carbons (Fsp3) is 0.412. The first-order chi connectivity index (χ1) is 12.0. The molecule has 0 bridgehead atoms. The lowest BCUT2D eigenvalue weighted by molar-refractivity contribution is 0.111. The third-order valence-corrected chi connectivity index (χ3v) is 4.91. The molecule has 0 aliphatic heterocycles. The third-order valence-electron chi connectivity index (χ3n) is 4.91. The Morgan fingerprint density at radius 3 is 2.72 bits per heavy atom. The maximum absolute atomic E-state index is 13.2. The highest BCUT2D eigenvalue weighted by atomic mass is 16.3. The molecular weight excluding hydrogens is 320 g/mol. The van der Waals surface area contributed by atoms with E-state index in [4.69, 9.17) is 5.73 Å². The fourth-order valence-electron chi connectivity index (χ4n) is 3.62. The second-order valence-electron chi connectivity index (χ2n) is 6.56. The number of aromatic nitrogens is 5. The zero-order valence-electron chi connectivity index (χ0n) is 13.9. The third kappa shape index (κ3) is 2.68. The van der Waals surface area contributed by atoms with Crippen LogP contribution in [0.2, 0.25) is 0 Å².